The van der Waals surface area contributed by atoms with Gasteiger partial charge in [0.15, 0.2) is 18.4 Å². The van der Waals surface area contributed by atoms with E-state index in [4.69, 9.17) is 18.0 Å². The molecule has 1 aromatic rings. The number of allylic oxidation sites excluding steroid dienone is 2. The Bertz CT molecular complexity index is 359. The average Bonchev–Trinajstić information content (AvgIpc) is 2.71. The van der Waals surface area contributed by atoms with Crippen molar-refractivity contribution in [1.82, 2.24) is 0 Å². The number of aromatic nitrogens is 1. The largest absolute Gasteiger partial charge is 0.389 e. The van der Waals surface area contributed by atoms with Crippen molar-refractivity contribution >= 4 is 17.2 Å². The van der Waals surface area contributed by atoms with Crippen molar-refractivity contribution in [2.45, 2.75) is 18.9 Å². The minimum absolute atomic E-state index is 0.460. The third kappa shape index (κ3) is 1.82. The summed E-state index contributed by atoms with van der Waals surface area (Å²) in [4.78, 5) is 0.460. The van der Waals surface area contributed by atoms with Gasteiger partial charge >= 0.3 is 0 Å². The van der Waals surface area contributed by atoms with Crippen LogP contribution in [0.4, 0.5) is 0 Å². The minimum atomic E-state index is 0.460. The molecule has 0 fully saturated rings. The maximum atomic E-state index is 5.53. The highest BCUT2D eigenvalue weighted by molar-refractivity contribution is 7.80. The molecule has 2 nitrogen and oxygen atoms in total. The maximum absolute atomic E-state index is 5.53. The number of rotatable bonds is 2. The zero-order valence-electron chi connectivity index (χ0n) is 7.89. The Hall–Kier alpha value is -1.22. The predicted molar refractivity (Wildman–Crippen MR) is 59.9 cm³/mol. The Balaban J connectivity index is 2.17. The summed E-state index contributed by atoms with van der Waals surface area (Å²) in [6.45, 7) is 0. The molecule has 72 valence electrons. The van der Waals surface area contributed by atoms with Gasteiger partial charge in [0.05, 0.1) is 0 Å². The maximum Gasteiger partial charge on any atom is 0.169 e. The smallest absolute Gasteiger partial charge is 0.169 e. The summed E-state index contributed by atoms with van der Waals surface area (Å²) >= 11 is 4.90. The second-order valence-electron chi connectivity index (χ2n) is 3.49. The Morgan fingerprint density at radius 2 is 1.86 bits per heavy atom. The van der Waals surface area contributed by atoms with Crippen LogP contribution in [0, 0.1) is 0 Å². The van der Waals surface area contributed by atoms with Crippen LogP contribution in [0.1, 0.15) is 24.4 Å². The van der Waals surface area contributed by atoms with Crippen LogP contribution in [-0.4, -0.2) is 4.99 Å². The molecule has 0 saturated carbocycles. The molecule has 0 aliphatic heterocycles. The van der Waals surface area contributed by atoms with Crippen molar-refractivity contribution in [2.24, 2.45) is 5.73 Å². The van der Waals surface area contributed by atoms with Crippen LogP contribution in [0.5, 0.6) is 0 Å². The van der Waals surface area contributed by atoms with Gasteiger partial charge in [-0.2, -0.15) is 0 Å². The molecule has 2 rings (SSSR count). The van der Waals surface area contributed by atoms with E-state index in [1.54, 1.807) is 0 Å². The lowest BCUT2D eigenvalue weighted by Crippen LogP contribution is -2.37. The topological polar surface area (TPSA) is 29.9 Å². The van der Waals surface area contributed by atoms with Gasteiger partial charge in [-0.15, -0.1) is 0 Å². The van der Waals surface area contributed by atoms with E-state index >= 15 is 0 Å². The van der Waals surface area contributed by atoms with Gasteiger partial charge < -0.3 is 5.73 Å². The van der Waals surface area contributed by atoms with Crippen LogP contribution in [0.15, 0.2) is 36.7 Å². The van der Waals surface area contributed by atoms with Crippen molar-refractivity contribution in [3.05, 3.63) is 42.2 Å². The van der Waals surface area contributed by atoms with Gasteiger partial charge in [-0.1, -0.05) is 24.4 Å². The van der Waals surface area contributed by atoms with Crippen molar-refractivity contribution in [1.29, 1.82) is 0 Å². The van der Waals surface area contributed by atoms with Crippen molar-refractivity contribution in [3.63, 3.8) is 0 Å². The third-order valence-corrected chi connectivity index (χ3v) is 2.78. The molecule has 0 unspecified atom stereocenters. The first kappa shape index (κ1) is 9.34. The fraction of sp³-hybridized carbons (Fsp3) is 0.273. The normalized spacial score (nSPS) is 16.0. The van der Waals surface area contributed by atoms with Crippen molar-refractivity contribution < 1.29 is 4.57 Å². The van der Waals surface area contributed by atoms with Gasteiger partial charge in [-0.25, -0.2) is 4.57 Å². The molecule has 1 aromatic heterocycles. The molecule has 0 bridgehead atoms. The highest BCUT2D eigenvalue weighted by Crippen LogP contribution is 2.16. The van der Waals surface area contributed by atoms with Crippen LogP contribution in [0.3, 0.4) is 0 Å². The van der Waals surface area contributed by atoms with Gasteiger partial charge in [0.25, 0.3) is 0 Å². The lowest BCUT2D eigenvalue weighted by atomic mass is 10.2. The molecule has 0 saturated heterocycles. The minimum Gasteiger partial charge on any atom is -0.389 e. The summed E-state index contributed by atoms with van der Waals surface area (Å²) in [5.74, 6) is 0. The molecule has 1 heterocycles. The molecule has 0 atom stereocenters. The monoisotopic (exact) mass is 205 g/mol. The molecule has 0 spiro atoms. The summed E-state index contributed by atoms with van der Waals surface area (Å²) in [6, 6.07) is 4.52. The van der Waals surface area contributed by atoms with E-state index in [1.165, 1.54) is 0 Å². The molecule has 0 amide bonds. The van der Waals surface area contributed by atoms with Crippen LogP contribution in [-0.2, 0) is 0 Å². The average molecular weight is 205 g/mol. The van der Waals surface area contributed by atoms with E-state index in [2.05, 4.69) is 16.7 Å². The highest BCUT2D eigenvalue weighted by atomic mass is 32.1. The van der Waals surface area contributed by atoms with E-state index < -0.39 is 0 Å². The quantitative estimate of drug-likeness (QED) is 0.450. The summed E-state index contributed by atoms with van der Waals surface area (Å²) in [6.07, 6.45) is 10.8. The Morgan fingerprint density at radius 1 is 1.29 bits per heavy atom. The third-order valence-electron chi connectivity index (χ3n) is 2.54. The summed E-state index contributed by atoms with van der Waals surface area (Å²) in [7, 11) is 0. The number of pyridine rings is 1. The molecule has 1 aliphatic carbocycles. The fourth-order valence-electron chi connectivity index (χ4n) is 1.69. The fourth-order valence-corrected chi connectivity index (χ4v) is 1.83. The standard InChI is InChI=1S/C11H12N2S/c12-11(14)9-5-7-13(8-6-9)10-3-1-2-4-10/h1-2,5-8,10H,3-4H2,(H-,12,14)/p+1. The number of nitrogens with two attached hydrogens (primary N) is 1. The highest BCUT2D eigenvalue weighted by Gasteiger charge is 2.18. The number of hydrogen-bond donors (Lipinski definition) is 1. The lowest BCUT2D eigenvalue weighted by Gasteiger charge is -2.04. The summed E-state index contributed by atoms with van der Waals surface area (Å²) in [5.41, 5.74) is 6.46. The van der Waals surface area contributed by atoms with Crippen LogP contribution in [0.2, 0.25) is 0 Å². The second-order valence-corrected chi connectivity index (χ2v) is 3.93. The molecule has 3 heteroatoms. The predicted octanol–water partition coefficient (Wildman–Crippen LogP) is 1.50. The van der Waals surface area contributed by atoms with Gasteiger partial charge in [-0.3, -0.25) is 0 Å². The molecule has 2 N–H and O–H groups in total. The van der Waals surface area contributed by atoms with E-state index in [9.17, 15) is 0 Å². The SMILES string of the molecule is NC(=S)c1cc[n+](C2CC=CC2)cc1. The first-order valence-electron chi connectivity index (χ1n) is 4.73. The van der Waals surface area contributed by atoms with Crippen LogP contribution < -0.4 is 10.3 Å². The Labute approximate surface area is 89.1 Å². The summed E-state index contributed by atoms with van der Waals surface area (Å²) in [5, 5.41) is 0. The van der Waals surface area contributed by atoms with E-state index in [0.717, 1.165) is 18.4 Å². The van der Waals surface area contributed by atoms with Gasteiger partial charge in [0, 0.05) is 30.5 Å². The van der Waals surface area contributed by atoms with Gasteiger partial charge in [-0.05, 0) is 0 Å². The van der Waals surface area contributed by atoms with Crippen LogP contribution in [0.25, 0.3) is 0 Å². The first-order valence-corrected chi connectivity index (χ1v) is 5.14. The summed E-state index contributed by atoms with van der Waals surface area (Å²) < 4.78 is 2.21. The molecular weight excluding hydrogens is 192 g/mol. The Kier molecular flexibility index (Phi) is 2.59. The van der Waals surface area contributed by atoms with E-state index in [0.29, 0.717) is 11.0 Å². The molecule has 0 aromatic carbocycles. The lowest BCUT2D eigenvalue weighted by molar-refractivity contribution is -0.720. The van der Waals surface area contributed by atoms with Gasteiger partial charge in [0.2, 0.25) is 0 Å². The van der Waals surface area contributed by atoms with Crippen molar-refractivity contribution in [2.75, 3.05) is 0 Å². The van der Waals surface area contributed by atoms with Gasteiger partial charge in [0.1, 0.15) is 4.99 Å². The zero-order valence-corrected chi connectivity index (χ0v) is 8.70. The van der Waals surface area contributed by atoms with Crippen molar-refractivity contribution in [3.8, 4) is 0 Å². The number of nitrogens with zero attached hydrogens (tertiary/aromatic N) is 1. The second kappa shape index (κ2) is 3.88. The molecule has 14 heavy (non-hydrogen) atoms. The number of thiocarbonyl (C=S) groups is 1. The molecular formula is C11H13N2S+. The zero-order chi connectivity index (χ0) is 9.97. The first-order chi connectivity index (χ1) is 6.77. The number of hydrogen-bond acceptors (Lipinski definition) is 1. The van der Waals surface area contributed by atoms with Crippen LogP contribution >= 0.6 is 12.2 Å². The molecule has 1 aliphatic rings. The van der Waals surface area contributed by atoms with E-state index in [1.807, 2.05) is 24.5 Å². The Morgan fingerprint density at radius 3 is 2.36 bits per heavy atom. The van der Waals surface area contributed by atoms with E-state index in [-0.39, 0.29) is 0 Å². The molecule has 0 radical (unpaired) electrons.